The molecule has 1 saturated heterocycles. The first-order valence-corrected chi connectivity index (χ1v) is 11.2. The summed E-state index contributed by atoms with van der Waals surface area (Å²) in [6.07, 6.45) is 0.0752. The molecule has 180 valence electrons. The Morgan fingerprint density at radius 1 is 0.794 bits per heavy atom. The van der Waals surface area contributed by atoms with Crippen molar-refractivity contribution < 1.29 is 9.47 Å². The van der Waals surface area contributed by atoms with Gasteiger partial charge in [0, 0.05) is 31.7 Å². The lowest BCUT2D eigenvalue weighted by atomic mass is 10.2. The van der Waals surface area contributed by atoms with Crippen LogP contribution in [0.4, 0.5) is 0 Å². The molecule has 1 aliphatic rings. The first-order chi connectivity index (χ1) is 15.8. The molecule has 34 heavy (non-hydrogen) atoms. The van der Waals surface area contributed by atoms with Crippen LogP contribution < -0.4 is 4.74 Å². The third-order valence-corrected chi connectivity index (χ3v) is 5.60. The lowest BCUT2D eigenvalue weighted by molar-refractivity contribution is -0.0719. The predicted molar refractivity (Wildman–Crippen MR) is 143 cm³/mol. The summed E-state index contributed by atoms with van der Waals surface area (Å²) in [6.45, 7) is 7.52. The van der Waals surface area contributed by atoms with Crippen LogP contribution in [0.15, 0.2) is 84.9 Å². The number of piperazine rings is 1. The maximum atomic E-state index is 6.17. The van der Waals surface area contributed by atoms with E-state index in [1.165, 1.54) is 0 Å². The van der Waals surface area contributed by atoms with E-state index in [1.807, 2.05) is 78.9 Å². The van der Waals surface area contributed by atoms with Crippen LogP contribution in [0.1, 0.15) is 18.1 Å². The smallest absolute Gasteiger partial charge is 0.127 e. The molecule has 0 aliphatic carbocycles. The van der Waals surface area contributed by atoms with Crippen molar-refractivity contribution in [2.45, 2.75) is 19.8 Å². The van der Waals surface area contributed by atoms with Gasteiger partial charge < -0.3 is 9.47 Å². The van der Waals surface area contributed by atoms with Gasteiger partial charge in [-0.2, -0.15) is 0 Å². The third kappa shape index (κ3) is 8.68. The van der Waals surface area contributed by atoms with Gasteiger partial charge in [0.15, 0.2) is 0 Å². The van der Waals surface area contributed by atoms with Crippen molar-refractivity contribution in [1.82, 2.24) is 9.80 Å². The number of rotatable bonds is 7. The van der Waals surface area contributed by atoms with Crippen LogP contribution in [-0.2, 0) is 11.3 Å². The van der Waals surface area contributed by atoms with Crippen LogP contribution in [0.25, 0.3) is 0 Å². The highest BCUT2D eigenvalue weighted by atomic mass is 35.5. The van der Waals surface area contributed by atoms with Crippen LogP contribution >= 0.6 is 24.8 Å². The standard InChI is InChI=1S/C28H30N2O2.2ClH/c1-24(30-20-18-29(19-21-30)17-9-13-25-10-4-2-5-11-25)31-23-26-12-8-16-28(22-26)32-27-14-6-3-7-15-27;;/h2-8,10-12,14-16,22,24H,17-21,23H2,1H3;2*1H. The van der Waals surface area contributed by atoms with Gasteiger partial charge in [0.05, 0.1) is 13.2 Å². The van der Waals surface area contributed by atoms with Gasteiger partial charge in [-0.25, -0.2) is 0 Å². The average molecular weight is 499 g/mol. The Hall–Kier alpha value is -2.52. The number of halogens is 2. The first kappa shape index (κ1) is 27.7. The molecule has 1 fully saturated rings. The van der Waals surface area contributed by atoms with Crippen LogP contribution in [0.3, 0.4) is 0 Å². The fourth-order valence-electron chi connectivity index (χ4n) is 3.71. The number of nitrogens with zero attached hydrogens (tertiary/aromatic N) is 2. The minimum Gasteiger partial charge on any atom is -0.457 e. The molecule has 6 heteroatoms. The largest absolute Gasteiger partial charge is 0.457 e. The molecular formula is C28H32Cl2N2O2. The fourth-order valence-corrected chi connectivity index (χ4v) is 3.71. The Labute approximate surface area is 215 Å². The molecule has 0 bridgehead atoms. The van der Waals surface area contributed by atoms with E-state index in [0.717, 1.165) is 55.3 Å². The number of hydrogen-bond donors (Lipinski definition) is 0. The molecule has 4 nitrogen and oxygen atoms in total. The fraction of sp³-hybridized carbons (Fsp3) is 0.286. The Morgan fingerprint density at radius 3 is 2.15 bits per heavy atom. The second-order valence-corrected chi connectivity index (χ2v) is 7.95. The van der Waals surface area contributed by atoms with E-state index >= 15 is 0 Å². The van der Waals surface area contributed by atoms with Crippen molar-refractivity contribution in [2.75, 3.05) is 32.7 Å². The van der Waals surface area contributed by atoms with Crippen LogP contribution in [0.2, 0.25) is 0 Å². The van der Waals surface area contributed by atoms with E-state index in [2.05, 4.69) is 34.6 Å². The maximum Gasteiger partial charge on any atom is 0.127 e. The summed E-state index contributed by atoms with van der Waals surface area (Å²) in [6, 6.07) is 28.1. The molecule has 0 N–H and O–H groups in total. The van der Waals surface area contributed by atoms with Crippen molar-refractivity contribution >= 4 is 24.8 Å². The molecule has 0 saturated carbocycles. The molecule has 4 rings (SSSR count). The van der Waals surface area contributed by atoms with Crippen molar-refractivity contribution in [3.63, 3.8) is 0 Å². The number of para-hydroxylation sites is 1. The van der Waals surface area contributed by atoms with E-state index < -0.39 is 0 Å². The zero-order valence-electron chi connectivity index (χ0n) is 19.4. The van der Waals surface area contributed by atoms with Gasteiger partial charge in [-0.1, -0.05) is 60.4 Å². The summed E-state index contributed by atoms with van der Waals surface area (Å²) < 4.78 is 12.1. The van der Waals surface area contributed by atoms with Gasteiger partial charge in [-0.05, 0) is 48.9 Å². The van der Waals surface area contributed by atoms with E-state index in [4.69, 9.17) is 9.47 Å². The highest BCUT2D eigenvalue weighted by molar-refractivity contribution is 5.85. The quantitative estimate of drug-likeness (QED) is 0.381. The van der Waals surface area contributed by atoms with Crippen LogP contribution in [0.5, 0.6) is 11.5 Å². The Kier molecular flexibility index (Phi) is 12.0. The number of benzene rings is 3. The zero-order valence-corrected chi connectivity index (χ0v) is 21.1. The van der Waals surface area contributed by atoms with Gasteiger partial charge >= 0.3 is 0 Å². The second-order valence-electron chi connectivity index (χ2n) is 7.95. The molecule has 1 aliphatic heterocycles. The highest BCUT2D eigenvalue weighted by Gasteiger charge is 2.21. The van der Waals surface area contributed by atoms with Gasteiger partial charge in [0.2, 0.25) is 0 Å². The molecule has 0 aromatic heterocycles. The highest BCUT2D eigenvalue weighted by Crippen LogP contribution is 2.22. The van der Waals surface area contributed by atoms with Crippen molar-refractivity contribution in [1.29, 1.82) is 0 Å². The Balaban J connectivity index is 0.00000204. The van der Waals surface area contributed by atoms with E-state index in [1.54, 1.807) is 0 Å². The maximum absolute atomic E-state index is 6.17. The zero-order chi connectivity index (χ0) is 22.0. The monoisotopic (exact) mass is 498 g/mol. The number of ether oxygens (including phenoxy) is 2. The van der Waals surface area contributed by atoms with Gasteiger partial charge in [0.1, 0.15) is 17.7 Å². The summed E-state index contributed by atoms with van der Waals surface area (Å²) in [4.78, 5) is 4.80. The normalized spacial score (nSPS) is 14.6. The summed E-state index contributed by atoms with van der Waals surface area (Å²) >= 11 is 0. The van der Waals surface area contributed by atoms with Gasteiger partial charge in [-0.15, -0.1) is 24.8 Å². The predicted octanol–water partition coefficient (Wildman–Crippen LogP) is 5.85. The Morgan fingerprint density at radius 2 is 1.44 bits per heavy atom. The molecule has 0 spiro atoms. The summed E-state index contributed by atoms with van der Waals surface area (Å²) in [5, 5.41) is 0. The van der Waals surface area contributed by atoms with Crippen molar-refractivity contribution in [3.8, 4) is 23.3 Å². The molecule has 0 amide bonds. The van der Waals surface area contributed by atoms with Crippen LogP contribution in [0, 0.1) is 11.8 Å². The molecule has 1 atom stereocenters. The third-order valence-electron chi connectivity index (χ3n) is 5.60. The molecule has 1 heterocycles. The average Bonchev–Trinajstić information content (AvgIpc) is 2.84. The topological polar surface area (TPSA) is 24.9 Å². The lowest BCUT2D eigenvalue weighted by Gasteiger charge is -2.37. The summed E-state index contributed by atoms with van der Waals surface area (Å²) in [7, 11) is 0. The van der Waals surface area contributed by atoms with Crippen molar-refractivity contribution in [3.05, 3.63) is 96.1 Å². The van der Waals surface area contributed by atoms with E-state index in [-0.39, 0.29) is 31.0 Å². The Bertz CT molecular complexity index is 1030. The minimum atomic E-state index is 0. The number of hydrogen-bond acceptors (Lipinski definition) is 4. The van der Waals surface area contributed by atoms with Crippen LogP contribution in [-0.4, -0.2) is 48.8 Å². The first-order valence-electron chi connectivity index (χ1n) is 11.2. The van der Waals surface area contributed by atoms with Crippen molar-refractivity contribution in [2.24, 2.45) is 0 Å². The minimum absolute atomic E-state index is 0. The summed E-state index contributed by atoms with van der Waals surface area (Å²) in [5.41, 5.74) is 2.19. The molecule has 1 unspecified atom stereocenters. The second kappa shape index (κ2) is 14.7. The van der Waals surface area contributed by atoms with E-state index in [0.29, 0.717) is 6.61 Å². The SMILES string of the molecule is CC(OCc1cccc(Oc2ccccc2)c1)N1CCN(CC#Cc2ccccc2)CC1.Cl.Cl. The summed E-state index contributed by atoms with van der Waals surface area (Å²) in [5.74, 6) is 8.21. The molecule has 3 aromatic rings. The lowest BCUT2D eigenvalue weighted by Crippen LogP contribution is -2.50. The van der Waals surface area contributed by atoms with E-state index in [9.17, 15) is 0 Å². The van der Waals surface area contributed by atoms with Gasteiger partial charge in [-0.3, -0.25) is 9.80 Å². The molecular weight excluding hydrogens is 467 g/mol. The molecule has 0 radical (unpaired) electrons. The molecule has 3 aromatic carbocycles. The van der Waals surface area contributed by atoms with Gasteiger partial charge in [0.25, 0.3) is 0 Å².